The van der Waals surface area contributed by atoms with E-state index in [-0.39, 0.29) is 29.9 Å². The molecule has 1 saturated heterocycles. The quantitative estimate of drug-likeness (QED) is 0.716. The van der Waals surface area contributed by atoms with Crippen molar-refractivity contribution in [2.24, 2.45) is 5.92 Å². The normalized spacial score (nSPS) is 23.8. The van der Waals surface area contributed by atoms with Crippen LogP contribution >= 0.6 is 11.3 Å². The number of carbonyl (C=O) groups is 2. The first-order valence-electron chi connectivity index (χ1n) is 10.9. The zero-order valence-corrected chi connectivity index (χ0v) is 18.8. The first-order chi connectivity index (χ1) is 14.9. The van der Waals surface area contributed by atoms with Crippen LogP contribution in [0.4, 0.5) is 0 Å². The van der Waals surface area contributed by atoms with Gasteiger partial charge in [0.1, 0.15) is 5.60 Å². The molecule has 0 N–H and O–H groups in total. The van der Waals surface area contributed by atoms with Crippen LogP contribution in [0.25, 0.3) is 0 Å². The van der Waals surface area contributed by atoms with Crippen LogP contribution in [0.5, 0.6) is 11.5 Å². The lowest BCUT2D eigenvalue weighted by Crippen LogP contribution is -2.52. The molecule has 0 bridgehead atoms. The summed E-state index contributed by atoms with van der Waals surface area (Å²) >= 11 is 1.73. The molecular formula is C24H28N2O4S. The Morgan fingerprint density at radius 3 is 2.65 bits per heavy atom. The molecule has 1 aliphatic carbocycles. The van der Waals surface area contributed by atoms with Crippen molar-refractivity contribution in [2.45, 2.75) is 38.2 Å². The van der Waals surface area contributed by atoms with E-state index in [1.807, 2.05) is 43.0 Å². The molecule has 3 aliphatic rings. The Hall–Kier alpha value is -2.54. The van der Waals surface area contributed by atoms with Crippen molar-refractivity contribution in [1.29, 1.82) is 0 Å². The summed E-state index contributed by atoms with van der Waals surface area (Å²) in [6.45, 7) is 6.38. The summed E-state index contributed by atoms with van der Waals surface area (Å²) in [6.07, 6.45) is 1.78. The summed E-state index contributed by atoms with van der Waals surface area (Å²) in [5, 5.41) is 2.07. The van der Waals surface area contributed by atoms with Crippen molar-refractivity contribution in [2.75, 3.05) is 32.8 Å². The van der Waals surface area contributed by atoms with E-state index in [0.717, 1.165) is 24.2 Å². The molecule has 2 atom stereocenters. The number of amides is 2. The Bertz CT molecular complexity index is 979. The monoisotopic (exact) mass is 440 g/mol. The highest BCUT2D eigenvalue weighted by Gasteiger charge is 2.46. The maximum absolute atomic E-state index is 12.8. The molecule has 31 heavy (non-hydrogen) atoms. The van der Waals surface area contributed by atoms with Crippen LogP contribution < -0.4 is 9.47 Å². The average molecular weight is 441 g/mol. The van der Waals surface area contributed by atoms with Gasteiger partial charge in [-0.25, -0.2) is 0 Å². The number of ether oxygens (including phenoxy) is 2. The smallest absolute Gasteiger partial charge is 0.260 e. The molecular weight excluding hydrogens is 412 g/mol. The lowest BCUT2D eigenvalue weighted by molar-refractivity contribution is -0.141. The van der Waals surface area contributed by atoms with Gasteiger partial charge < -0.3 is 19.3 Å². The fraction of sp³-hybridized carbons (Fsp3) is 0.500. The molecule has 2 amide bonds. The lowest BCUT2D eigenvalue weighted by atomic mass is 10.0. The van der Waals surface area contributed by atoms with Gasteiger partial charge in [0.2, 0.25) is 5.91 Å². The summed E-state index contributed by atoms with van der Waals surface area (Å²) in [6, 6.07) is 9.99. The van der Waals surface area contributed by atoms with Crippen molar-refractivity contribution >= 4 is 23.2 Å². The third-order valence-corrected chi connectivity index (χ3v) is 7.37. The molecule has 2 aliphatic heterocycles. The third-order valence-electron chi connectivity index (χ3n) is 6.37. The highest BCUT2D eigenvalue weighted by Crippen LogP contribution is 2.50. The van der Waals surface area contributed by atoms with E-state index in [1.165, 1.54) is 4.88 Å². The minimum absolute atomic E-state index is 0.0166. The zero-order valence-electron chi connectivity index (χ0n) is 18.0. The first-order valence-corrected chi connectivity index (χ1v) is 11.8. The van der Waals surface area contributed by atoms with E-state index in [4.69, 9.17) is 9.47 Å². The Balaban J connectivity index is 1.11. The predicted molar refractivity (Wildman–Crippen MR) is 119 cm³/mol. The fourth-order valence-corrected chi connectivity index (χ4v) is 5.53. The van der Waals surface area contributed by atoms with Crippen LogP contribution in [-0.4, -0.2) is 60.0 Å². The van der Waals surface area contributed by atoms with Crippen molar-refractivity contribution in [3.8, 4) is 11.5 Å². The van der Waals surface area contributed by atoms with Crippen LogP contribution in [0, 0.1) is 5.92 Å². The highest BCUT2D eigenvalue weighted by molar-refractivity contribution is 7.10. The molecule has 2 unspecified atom stereocenters. The van der Waals surface area contributed by atoms with Crippen LogP contribution in [0.2, 0.25) is 0 Å². The van der Waals surface area contributed by atoms with Gasteiger partial charge in [0.25, 0.3) is 5.91 Å². The number of fused-ring (bicyclic) bond motifs is 1. The van der Waals surface area contributed by atoms with E-state index in [2.05, 4.69) is 11.4 Å². The Kier molecular flexibility index (Phi) is 5.16. The minimum atomic E-state index is -0.251. The summed E-state index contributed by atoms with van der Waals surface area (Å²) in [5.41, 5.74) is 0.863. The van der Waals surface area contributed by atoms with Crippen LogP contribution in [0.1, 0.15) is 36.6 Å². The molecule has 1 saturated carbocycles. The molecule has 2 fully saturated rings. The first kappa shape index (κ1) is 20.4. The van der Waals surface area contributed by atoms with Crippen molar-refractivity contribution < 1.29 is 19.1 Å². The number of rotatable bonds is 5. The van der Waals surface area contributed by atoms with Gasteiger partial charge >= 0.3 is 0 Å². The maximum Gasteiger partial charge on any atom is 0.260 e. The number of benzene rings is 1. The van der Waals surface area contributed by atoms with Gasteiger partial charge in [-0.1, -0.05) is 18.2 Å². The summed E-state index contributed by atoms with van der Waals surface area (Å²) in [5.74, 6) is 2.07. The largest absolute Gasteiger partial charge is 0.483 e. The van der Waals surface area contributed by atoms with Gasteiger partial charge in [-0.3, -0.25) is 9.59 Å². The maximum atomic E-state index is 12.8. The number of hydrogen-bond acceptors (Lipinski definition) is 5. The standard InChI is InChI=1S/C24H28N2O4S/c1-24(2)14-16-5-3-6-19(22(16)30-24)29-15-21(27)25-8-10-26(11-9-25)23(28)18-13-17(18)20-7-4-12-31-20/h3-7,12,17-18H,8-11,13-15H2,1-2H3. The SMILES string of the molecule is CC1(C)Cc2cccc(OCC(=O)N3CCN(C(=O)C4CC4c4cccs4)CC3)c2O1. The molecule has 6 nitrogen and oxygen atoms in total. The second kappa shape index (κ2) is 7.86. The Morgan fingerprint density at radius 1 is 1.13 bits per heavy atom. The van der Waals surface area contributed by atoms with Crippen molar-refractivity contribution in [1.82, 2.24) is 9.80 Å². The average Bonchev–Trinajstić information content (AvgIpc) is 3.21. The van der Waals surface area contributed by atoms with Gasteiger partial charge in [0, 0.05) is 54.9 Å². The fourth-order valence-electron chi connectivity index (χ4n) is 4.63. The van der Waals surface area contributed by atoms with E-state index in [0.29, 0.717) is 37.8 Å². The number of carbonyl (C=O) groups excluding carboxylic acids is 2. The molecule has 5 rings (SSSR count). The van der Waals surface area contributed by atoms with Gasteiger partial charge in [0.05, 0.1) is 0 Å². The van der Waals surface area contributed by atoms with Gasteiger partial charge in [-0.15, -0.1) is 11.3 Å². The summed E-state index contributed by atoms with van der Waals surface area (Å²) in [7, 11) is 0. The topological polar surface area (TPSA) is 59.1 Å². The second-order valence-corrected chi connectivity index (χ2v) is 10.2. The van der Waals surface area contributed by atoms with E-state index in [1.54, 1.807) is 16.2 Å². The number of piperazine rings is 1. The predicted octanol–water partition coefficient (Wildman–Crippen LogP) is 3.31. The van der Waals surface area contributed by atoms with Crippen molar-refractivity contribution in [3.63, 3.8) is 0 Å². The molecule has 0 radical (unpaired) electrons. The molecule has 2 aromatic rings. The molecule has 0 spiro atoms. The van der Waals surface area contributed by atoms with Gasteiger partial charge in [0.15, 0.2) is 18.1 Å². The minimum Gasteiger partial charge on any atom is -0.483 e. The van der Waals surface area contributed by atoms with Gasteiger partial charge in [-0.05, 0) is 37.8 Å². The Morgan fingerprint density at radius 2 is 1.90 bits per heavy atom. The van der Waals surface area contributed by atoms with Crippen LogP contribution in [0.3, 0.4) is 0 Å². The highest BCUT2D eigenvalue weighted by atomic mass is 32.1. The number of nitrogens with zero attached hydrogens (tertiary/aromatic N) is 2. The zero-order chi connectivity index (χ0) is 21.6. The van der Waals surface area contributed by atoms with Crippen molar-refractivity contribution in [3.05, 3.63) is 46.2 Å². The molecule has 164 valence electrons. The van der Waals surface area contributed by atoms with Gasteiger partial charge in [-0.2, -0.15) is 0 Å². The summed E-state index contributed by atoms with van der Waals surface area (Å²) < 4.78 is 11.9. The van der Waals surface area contributed by atoms with Crippen LogP contribution in [-0.2, 0) is 16.0 Å². The molecule has 1 aromatic heterocycles. The van der Waals surface area contributed by atoms with E-state index in [9.17, 15) is 9.59 Å². The molecule has 7 heteroatoms. The van der Waals surface area contributed by atoms with E-state index >= 15 is 0 Å². The van der Waals surface area contributed by atoms with E-state index < -0.39 is 0 Å². The third kappa shape index (κ3) is 4.15. The number of para-hydroxylation sites is 1. The number of hydrogen-bond donors (Lipinski definition) is 0. The summed E-state index contributed by atoms with van der Waals surface area (Å²) in [4.78, 5) is 30.5. The molecule has 1 aromatic carbocycles. The molecule has 3 heterocycles. The van der Waals surface area contributed by atoms with Crippen LogP contribution in [0.15, 0.2) is 35.7 Å². The number of thiophene rings is 1. The lowest BCUT2D eigenvalue weighted by Gasteiger charge is -2.35. The second-order valence-electron chi connectivity index (χ2n) is 9.24. The Labute approximate surface area is 186 Å².